The fourth-order valence-corrected chi connectivity index (χ4v) is 4.00. The maximum absolute atomic E-state index is 12.9. The fourth-order valence-electron chi connectivity index (χ4n) is 2.93. The van der Waals surface area contributed by atoms with E-state index in [-0.39, 0.29) is 5.91 Å². The molecule has 0 aliphatic rings. The van der Waals surface area contributed by atoms with Gasteiger partial charge >= 0.3 is 0 Å². The van der Waals surface area contributed by atoms with Gasteiger partial charge in [-0.3, -0.25) is 9.59 Å². The third-order valence-corrected chi connectivity index (χ3v) is 5.58. The van der Waals surface area contributed by atoms with E-state index in [1.54, 1.807) is 61.1 Å². The van der Waals surface area contributed by atoms with Crippen LogP contribution in [-0.4, -0.2) is 30.2 Å². The van der Waals surface area contributed by atoms with E-state index < -0.39 is 15.9 Å². The quantitative estimate of drug-likeness (QED) is 0.541. The second kappa shape index (κ2) is 7.76. The van der Waals surface area contributed by atoms with Crippen molar-refractivity contribution in [2.75, 3.05) is 5.32 Å². The lowest BCUT2D eigenvalue weighted by Gasteiger charge is -2.06. The van der Waals surface area contributed by atoms with Gasteiger partial charge in [0.2, 0.25) is 5.91 Å². The molecule has 0 saturated heterocycles. The highest BCUT2D eigenvalue weighted by molar-refractivity contribution is 8.01. The summed E-state index contributed by atoms with van der Waals surface area (Å²) in [5, 5.41) is 2.78. The summed E-state index contributed by atoms with van der Waals surface area (Å²) < 4.78 is 12.9. The Balaban J connectivity index is 1.73. The Kier molecular flexibility index (Phi) is 5.01. The van der Waals surface area contributed by atoms with Gasteiger partial charge in [-0.05, 0) is 23.8 Å². The zero-order valence-electron chi connectivity index (χ0n) is 15.4. The van der Waals surface area contributed by atoms with Crippen LogP contribution < -0.4 is 5.32 Å². The van der Waals surface area contributed by atoms with E-state index in [9.17, 15) is 13.8 Å². The average Bonchev–Trinajstić information content (AvgIpc) is 3.16. The number of H-pyrrole nitrogens is 1. The summed E-state index contributed by atoms with van der Waals surface area (Å²) in [7, 11) is -1.88. The minimum atomic E-state index is -1.88. The van der Waals surface area contributed by atoms with Crippen LogP contribution in [0.4, 0.5) is 5.82 Å². The van der Waals surface area contributed by atoms with Crippen molar-refractivity contribution in [2.24, 2.45) is 0 Å². The van der Waals surface area contributed by atoms with Gasteiger partial charge in [-0.1, -0.05) is 30.3 Å². The number of benzene rings is 1. The van der Waals surface area contributed by atoms with E-state index >= 15 is 0 Å². The molecule has 2 N–H and O–H groups in total. The number of hydrogen-bond donors (Lipinski definition) is 2. The number of pyridine rings is 2. The minimum absolute atomic E-state index is 0.217. The molecule has 1 atom stereocenters. The summed E-state index contributed by atoms with van der Waals surface area (Å²) >= 11 is 0. The fraction of sp³-hybridized carbons (Fsp3) is 0.0476. The first kappa shape index (κ1) is 18.7. The molecule has 7 nitrogen and oxygen atoms in total. The minimum Gasteiger partial charge on any atom is -0.345 e. The smallest absolute Gasteiger partial charge is 0.254 e. The van der Waals surface area contributed by atoms with E-state index in [2.05, 4.69) is 20.3 Å². The normalized spacial score (nSPS) is 11.9. The van der Waals surface area contributed by atoms with Gasteiger partial charge in [0, 0.05) is 42.0 Å². The van der Waals surface area contributed by atoms with E-state index in [0.29, 0.717) is 27.3 Å². The maximum Gasteiger partial charge on any atom is 0.254 e. The largest absolute Gasteiger partial charge is 0.345 e. The molecule has 0 aliphatic heterocycles. The Labute approximate surface area is 168 Å². The van der Waals surface area contributed by atoms with Gasteiger partial charge in [-0.2, -0.15) is 0 Å². The number of hydrogen-bond acceptors (Lipinski definition) is 5. The van der Waals surface area contributed by atoms with E-state index in [0.717, 1.165) is 11.1 Å². The summed E-state index contributed by atoms with van der Waals surface area (Å²) in [6.07, 6.45) is 4.80. The molecule has 8 heteroatoms. The number of rotatable bonds is 4. The maximum atomic E-state index is 12.9. The number of carbonyl (C=O) groups excluding carboxylic acids is 2. The third-order valence-electron chi connectivity index (χ3n) is 4.27. The Bertz CT molecular complexity index is 1250. The van der Waals surface area contributed by atoms with Crippen molar-refractivity contribution < 1.29 is 13.8 Å². The molecule has 0 spiro atoms. The van der Waals surface area contributed by atoms with Crippen molar-refractivity contribution in [3.8, 4) is 11.1 Å². The van der Waals surface area contributed by atoms with Crippen molar-refractivity contribution in [1.29, 1.82) is 0 Å². The van der Waals surface area contributed by atoms with Gasteiger partial charge in [-0.15, -0.1) is 0 Å². The lowest BCUT2D eigenvalue weighted by molar-refractivity contribution is -0.114. The Morgan fingerprint density at radius 2 is 1.83 bits per heavy atom. The topological polar surface area (TPSA) is 105 Å². The lowest BCUT2D eigenvalue weighted by Crippen LogP contribution is -2.07. The molecule has 3 aromatic heterocycles. The summed E-state index contributed by atoms with van der Waals surface area (Å²) in [6.45, 7) is 1.41. The molecule has 1 unspecified atom stereocenters. The van der Waals surface area contributed by atoms with Crippen molar-refractivity contribution in [2.45, 2.75) is 11.8 Å². The van der Waals surface area contributed by atoms with Gasteiger partial charge in [0.15, 0.2) is 0 Å². The van der Waals surface area contributed by atoms with Crippen LogP contribution in [0.15, 0.2) is 72.0 Å². The number of aromatic nitrogens is 3. The highest BCUT2D eigenvalue weighted by Crippen LogP contribution is 2.28. The Hall–Kier alpha value is -3.65. The molecule has 4 aromatic rings. The number of nitrogens with one attached hydrogen (secondary N) is 2. The second-order valence-electron chi connectivity index (χ2n) is 6.31. The molecule has 1 amide bonds. The SMILES string of the molecule is CC(=O)Nc1cc(-c2cnc3[nH]cc(S(=O)C(=O)c4ccccc4)c3c2)ccn1. The van der Waals surface area contributed by atoms with Crippen LogP contribution in [0.1, 0.15) is 17.3 Å². The monoisotopic (exact) mass is 404 g/mol. The Morgan fingerprint density at radius 1 is 1.03 bits per heavy atom. The molecule has 0 aliphatic carbocycles. The second-order valence-corrected chi connectivity index (χ2v) is 7.65. The summed E-state index contributed by atoms with van der Waals surface area (Å²) in [5.41, 5.74) is 2.45. The standard InChI is InChI=1S/C21H16N4O3S/c1-13(26)25-19-10-15(7-8-22-19)16-9-17-18(12-24-20(17)23-11-16)29(28)21(27)14-5-3-2-4-6-14/h2-12H,1H3,(H,23,24)(H,22,25,26). The van der Waals surface area contributed by atoms with Crippen molar-refractivity contribution >= 4 is 38.7 Å². The zero-order valence-corrected chi connectivity index (χ0v) is 16.2. The van der Waals surface area contributed by atoms with Crippen molar-refractivity contribution in [1.82, 2.24) is 15.0 Å². The number of aromatic amines is 1. The van der Waals surface area contributed by atoms with E-state index in [1.807, 2.05) is 6.07 Å². The molecule has 29 heavy (non-hydrogen) atoms. The predicted octanol–water partition coefficient (Wildman–Crippen LogP) is 3.53. The molecule has 4 rings (SSSR count). The molecule has 0 bridgehead atoms. The van der Waals surface area contributed by atoms with Gasteiger partial charge in [0.1, 0.15) is 22.3 Å². The summed E-state index contributed by atoms with van der Waals surface area (Å²) in [5.74, 6) is 0.207. The number of fused-ring (bicyclic) bond motifs is 1. The van der Waals surface area contributed by atoms with Gasteiger partial charge in [0.25, 0.3) is 5.12 Å². The highest BCUT2D eigenvalue weighted by atomic mass is 32.2. The van der Waals surface area contributed by atoms with Crippen LogP contribution in [0.2, 0.25) is 0 Å². The van der Waals surface area contributed by atoms with Crippen LogP contribution in [-0.2, 0) is 15.6 Å². The number of amides is 1. The first-order valence-corrected chi connectivity index (χ1v) is 9.90. The molecule has 1 aromatic carbocycles. The van der Waals surface area contributed by atoms with Crippen LogP contribution in [0.5, 0.6) is 0 Å². The Morgan fingerprint density at radius 3 is 2.59 bits per heavy atom. The predicted molar refractivity (Wildman–Crippen MR) is 111 cm³/mol. The lowest BCUT2D eigenvalue weighted by atomic mass is 10.1. The van der Waals surface area contributed by atoms with E-state index in [4.69, 9.17) is 0 Å². The average molecular weight is 404 g/mol. The van der Waals surface area contributed by atoms with Crippen LogP contribution in [0.25, 0.3) is 22.2 Å². The molecule has 0 fully saturated rings. The summed E-state index contributed by atoms with van der Waals surface area (Å²) in [6, 6.07) is 13.9. The third kappa shape index (κ3) is 3.83. The van der Waals surface area contributed by atoms with Crippen molar-refractivity contribution in [3.63, 3.8) is 0 Å². The molecular formula is C21H16N4O3S. The zero-order chi connectivity index (χ0) is 20.4. The number of anilines is 1. The van der Waals surface area contributed by atoms with Crippen molar-refractivity contribution in [3.05, 3.63) is 72.7 Å². The van der Waals surface area contributed by atoms with Crippen LogP contribution in [0.3, 0.4) is 0 Å². The first-order valence-electron chi connectivity index (χ1n) is 8.75. The van der Waals surface area contributed by atoms with Crippen LogP contribution in [0, 0.1) is 0 Å². The molecule has 144 valence electrons. The van der Waals surface area contributed by atoms with Gasteiger partial charge in [0.05, 0.1) is 4.90 Å². The van der Waals surface area contributed by atoms with Crippen LogP contribution >= 0.6 is 0 Å². The molecule has 0 saturated carbocycles. The first-order chi connectivity index (χ1) is 14.0. The molecule has 3 heterocycles. The molecular weight excluding hydrogens is 388 g/mol. The summed E-state index contributed by atoms with van der Waals surface area (Å²) in [4.78, 5) is 35.7. The highest BCUT2D eigenvalue weighted by Gasteiger charge is 2.20. The van der Waals surface area contributed by atoms with Gasteiger partial charge in [-0.25, -0.2) is 14.2 Å². The van der Waals surface area contributed by atoms with Gasteiger partial charge < -0.3 is 10.3 Å². The van der Waals surface area contributed by atoms with E-state index in [1.165, 1.54) is 6.92 Å². The number of nitrogens with zero attached hydrogens (tertiary/aromatic N) is 2. The molecule has 0 radical (unpaired) electrons. The number of carbonyl (C=O) groups is 2.